The number of esters is 3. The fourth-order valence-electron chi connectivity index (χ4n) is 2.62. The quantitative estimate of drug-likeness (QED) is 0.547. The maximum Gasteiger partial charge on any atom is 0.303 e. The monoisotopic (exact) mass is 382 g/mol. The summed E-state index contributed by atoms with van der Waals surface area (Å²) in [5.74, 6) is -1.49. The van der Waals surface area contributed by atoms with Crippen LogP contribution in [0.1, 0.15) is 27.2 Å². The first-order valence-electron chi connectivity index (χ1n) is 8.20. The fraction of sp³-hybridized carbons (Fsp3) is 0.500. The Morgan fingerprint density at radius 3 is 2.27 bits per heavy atom. The van der Waals surface area contributed by atoms with E-state index in [-0.39, 0.29) is 12.0 Å². The lowest BCUT2D eigenvalue weighted by molar-refractivity contribution is -0.204. The largest absolute Gasteiger partial charge is 0.463 e. The summed E-state index contributed by atoms with van der Waals surface area (Å²) in [5.41, 5.74) is -0.353. The lowest BCUT2D eigenvalue weighted by Gasteiger charge is -2.39. The van der Waals surface area contributed by atoms with Crippen LogP contribution in [0.5, 0.6) is 0 Å². The Hall–Kier alpha value is -2.06. The van der Waals surface area contributed by atoms with Gasteiger partial charge in [0.2, 0.25) is 0 Å². The number of carbonyl (C=O) groups excluding carboxylic acids is 3. The Bertz CT molecular complexity index is 634. The number of thioether (sulfide) groups is 1. The van der Waals surface area contributed by atoms with Gasteiger partial charge in [-0.3, -0.25) is 14.4 Å². The third-order valence-corrected chi connectivity index (χ3v) is 4.68. The van der Waals surface area contributed by atoms with E-state index in [0.29, 0.717) is 6.42 Å². The SMILES string of the molecule is CC(=O)OC[C@H]1O[C@H](Sc2ccccc2)C[C@@H](OC(C)=O)[C@H]1OC(C)=O. The molecule has 1 aliphatic heterocycles. The van der Waals surface area contributed by atoms with E-state index in [0.717, 1.165) is 4.90 Å². The van der Waals surface area contributed by atoms with Crippen LogP contribution in [-0.2, 0) is 33.3 Å². The summed E-state index contributed by atoms with van der Waals surface area (Å²) < 4.78 is 21.7. The molecule has 1 aromatic rings. The minimum Gasteiger partial charge on any atom is -0.463 e. The van der Waals surface area contributed by atoms with Crippen molar-refractivity contribution in [1.82, 2.24) is 0 Å². The van der Waals surface area contributed by atoms with E-state index in [1.54, 1.807) is 0 Å². The molecule has 0 unspecified atom stereocenters. The van der Waals surface area contributed by atoms with E-state index in [1.165, 1.54) is 32.5 Å². The van der Waals surface area contributed by atoms with Gasteiger partial charge in [0, 0.05) is 32.1 Å². The van der Waals surface area contributed by atoms with Crippen LogP contribution < -0.4 is 0 Å². The van der Waals surface area contributed by atoms with Gasteiger partial charge in [-0.2, -0.15) is 0 Å². The first kappa shape index (κ1) is 20.3. The van der Waals surface area contributed by atoms with Crippen LogP contribution in [0, 0.1) is 0 Å². The summed E-state index contributed by atoms with van der Waals surface area (Å²) in [4.78, 5) is 35.1. The molecule has 0 radical (unpaired) electrons. The molecule has 142 valence electrons. The molecule has 0 bridgehead atoms. The first-order chi connectivity index (χ1) is 12.3. The van der Waals surface area contributed by atoms with Crippen molar-refractivity contribution in [1.29, 1.82) is 0 Å². The average Bonchev–Trinajstić information content (AvgIpc) is 2.55. The zero-order valence-corrected chi connectivity index (χ0v) is 15.7. The molecule has 26 heavy (non-hydrogen) atoms. The number of ether oxygens (including phenoxy) is 4. The second kappa shape index (κ2) is 9.59. The minimum atomic E-state index is -0.844. The van der Waals surface area contributed by atoms with E-state index >= 15 is 0 Å². The van der Waals surface area contributed by atoms with Gasteiger partial charge in [0.25, 0.3) is 0 Å². The second-order valence-electron chi connectivity index (χ2n) is 5.80. The molecule has 0 spiro atoms. The third-order valence-electron chi connectivity index (χ3n) is 3.57. The number of hydrogen-bond acceptors (Lipinski definition) is 8. The molecule has 1 aromatic carbocycles. The first-order valence-corrected chi connectivity index (χ1v) is 9.08. The van der Waals surface area contributed by atoms with Crippen LogP contribution in [0.25, 0.3) is 0 Å². The summed E-state index contributed by atoms with van der Waals surface area (Å²) in [7, 11) is 0. The molecule has 0 N–H and O–H groups in total. The van der Waals surface area contributed by atoms with Gasteiger partial charge in [-0.05, 0) is 12.1 Å². The molecule has 8 heteroatoms. The van der Waals surface area contributed by atoms with Crippen molar-refractivity contribution >= 4 is 29.7 Å². The van der Waals surface area contributed by atoms with Crippen molar-refractivity contribution in [3.05, 3.63) is 30.3 Å². The van der Waals surface area contributed by atoms with Crippen molar-refractivity contribution in [2.24, 2.45) is 0 Å². The fourth-order valence-corrected chi connectivity index (χ4v) is 3.73. The number of hydrogen-bond donors (Lipinski definition) is 0. The topological polar surface area (TPSA) is 88.1 Å². The molecular weight excluding hydrogens is 360 g/mol. The summed E-state index contributed by atoms with van der Waals surface area (Å²) in [6.45, 7) is 3.74. The van der Waals surface area contributed by atoms with Crippen LogP contribution in [0.3, 0.4) is 0 Å². The Morgan fingerprint density at radius 2 is 1.69 bits per heavy atom. The standard InChI is InChI=1S/C18H22O7S/c1-11(19)22-10-16-18(24-13(3)21)15(23-12(2)20)9-17(25-16)26-14-7-5-4-6-8-14/h4-8,15-18H,9-10H2,1-3H3/t15-,16-,17-,18-/m1/s1. The van der Waals surface area contributed by atoms with Crippen LogP contribution in [0.2, 0.25) is 0 Å². The van der Waals surface area contributed by atoms with Crippen LogP contribution >= 0.6 is 11.8 Å². The van der Waals surface area contributed by atoms with E-state index in [1.807, 2.05) is 30.3 Å². The predicted octanol–water partition coefficient (Wildman–Crippen LogP) is 2.32. The normalized spacial score (nSPS) is 25.2. The number of rotatable bonds is 6. The van der Waals surface area contributed by atoms with Crippen molar-refractivity contribution in [3.8, 4) is 0 Å². The van der Waals surface area contributed by atoms with Gasteiger partial charge in [0.1, 0.15) is 24.3 Å². The zero-order valence-electron chi connectivity index (χ0n) is 14.9. The molecule has 4 atom stereocenters. The second-order valence-corrected chi connectivity index (χ2v) is 7.03. The van der Waals surface area contributed by atoms with Gasteiger partial charge >= 0.3 is 17.9 Å². The number of carbonyl (C=O) groups is 3. The highest BCUT2D eigenvalue weighted by atomic mass is 32.2. The molecule has 1 fully saturated rings. The Morgan fingerprint density at radius 1 is 1.04 bits per heavy atom. The van der Waals surface area contributed by atoms with Crippen molar-refractivity contribution in [3.63, 3.8) is 0 Å². The maximum absolute atomic E-state index is 11.5. The van der Waals surface area contributed by atoms with Crippen molar-refractivity contribution in [2.45, 2.75) is 55.8 Å². The molecule has 1 aliphatic rings. The van der Waals surface area contributed by atoms with Gasteiger partial charge in [0.15, 0.2) is 6.10 Å². The molecular formula is C18H22O7S. The highest BCUT2D eigenvalue weighted by Gasteiger charge is 2.43. The van der Waals surface area contributed by atoms with Gasteiger partial charge in [0.05, 0.1) is 0 Å². The zero-order chi connectivity index (χ0) is 19.1. The van der Waals surface area contributed by atoms with E-state index in [4.69, 9.17) is 18.9 Å². The summed E-state index contributed by atoms with van der Waals surface area (Å²) in [6.07, 6.45) is -1.93. The van der Waals surface area contributed by atoms with Gasteiger partial charge in [-0.25, -0.2) is 0 Å². The molecule has 1 saturated heterocycles. The van der Waals surface area contributed by atoms with E-state index in [2.05, 4.69) is 0 Å². The minimum absolute atomic E-state index is 0.100. The molecule has 0 amide bonds. The average molecular weight is 382 g/mol. The third kappa shape index (κ3) is 6.34. The summed E-state index contributed by atoms with van der Waals surface area (Å²) in [6, 6.07) is 9.61. The summed E-state index contributed by atoms with van der Waals surface area (Å²) >= 11 is 1.46. The van der Waals surface area contributed by atoms with Crippen molar-refractivity contribution < 1.29 is 33.3 Å². The maximum atomic E-state index is 11.5. The predicted molar refractivity (Wildman–Crippen MR) is 93.3 cm³/mol. The van der Waals surface area contributed by atoms with E-state index in [9.17, 15) is 14.4 Å². The van der Waals surface area contributed by atoms with Gasteiger partial charge in [-0.1, -0.05) is 30.0 Å². The Labute approximate surface area is 156 Å². The highest BCUT2D eigenvalue weighted by molar-refractivity contribution is 7.99. The lowest BCUT2D eigenvalue weighted by atomic mass is 10.0. The summed E-state index contributed by atoms with van der Waals surface area (Å²) in [5, 5.41) is 0. The van der Waals surface area contributed by atoms with Gasteiger partial charge < -0.3 is 18.9 Å². The molecule has 2 rings (SSSR count). The molecule has 1 heterocycles. The highest BCUT2D eigenvalue weighted by Crippen LogP contribution is 2.35. The smallest absolute Gasteiger partial charge is 0.303 e. The Kier molecular flexibility index (Phi) is 7.47. The van der Waals surface area contributed by atoms with E-state index < -0.39 is 36.2 Å². The van der Waals surface area contributed by atoms with Crippen LogP contribution in [0.15, 0.2) is 35.2 Å². The molecule has 7 nitrogen and oxygen atoms in total. The van der Waals surface area contributed by atoms with Gasteiger partial charge in [-0.15, -0.1) is 0 Å². The molecule has 0 aliphatic carbocycles. The Balaban J connectivity index is 2.18. The molecule has 0 saturated carbocycles. The lowest BCUT2D eigenvalue weighted by Crippen LogP contribution is -2.53. The number of benzene rings is 1. The van der Waals surface area contributed by atoms with Crippen molar-refractivity contribution in [2.75, 3.05) is 6.61 Å². The van der Waals surface area contributed by atoms with Crippen LogP contribution in [0.4, 0.5) is 0 Å². The van der Waals surface area contributed by atoms with Crippen LogP contribution in [-0.4, -0.2) is 48.3 Å². The molecule has 0 aromatic heterocycles.